The number of nitrogens with zero attached hydrogens (tertiary/aromatic N) is 2. The van der Waals surface area contributed by atoms with Crippen LogP contribution in [0.1, 0.15) is 35.3 Å². The highest BCUT2D eigenvalue weighted by Crippen LogP contribution is 2.45. The predicted octanol–water partition coefficient (Wildman–Crippen LogP) is 1.45. The van der Waals surface area contributed by atoms with Crippen LogP contribution in [0.3, 0.4) is 0 Å². The number of aromatic nitrogens is 1. The molecule has 0 N–H and O–H groups in total. The summed E-state index contributed by atoms with van der Waals surface area (Å²) in [4.78, 5) is 18.3. The largest absolute Gasteiger partial charge is 0.381 e. The number of ether oxygens (including phenoxy) is 1. The minimum absolute atomic E-state index is 0.00808. The van der Waals surface area contributed by atoms with E-state index >= 15 is 0 Å². The van der Waals surface area contributed by atoms with Gasteiger partial charge in [-0.25, -0.2) is 8.42 Å². The lowest BCUT2D eigenvalue weighted by atomic mass is 9.83. The van der Waals surface area contributed by atoms with Crippen LogP contribution in [-0.2, 0) is 14.6 Å². The Kier molecular flexibility index (Phi) is 4.11. The normalized spacial score (nSPS) is 26.6. The van der Waals surface area contributed by atoms with Gasteiger partial charge in [0.1, 0.15) is 10.4 Å². The van der Waals surface area contributed by atoms with E-state index in [9.17, 15) is 13.2 Å². The van der Waals surface area contributed by atoms with Crippen LogP contribution in [0.5, 0.6) is 0 Å². The van der Waals surface area contributed by atoms with Crippen LogP contribution >= 0.6 is 0 Å². The first-order chi connectivity index (χ1) is 11.9. The molecule has 1 aromatic rings. The average molecular weight is 364 g/mol. The van der Waals surface area contributed by atoms with Crippen molar-refractivity contribution >= 4 is 15.7 Å². The Morgan fingerprint density at radius 3 is 2.68 bits per heavy atom. The van der Waals surface area contributed by atoms with Gasteiger partial charge in [0.05, 0.1) is 12.4 Å². The number of likely N-dealkylation sites (tertiary alicyclic amines) is 1. The number of amides is 1. The number of sulfone groups is 1. The molecule has 136 valence electrons. The minimum atomic E-state index is -3.18. The topological polar surface area (TPSA) is 76.6 Å². The van der Waals surface area contributed by atoms with Gasteiger partial charge in [-0.15, -0.1) is 0 Å². The van der Waals surface area contributed by atoms with Crippen molar-refractivity contribution in [2.75, 3.05) is 32.1 Å². The standard InChI is InChI=1S/C18H24N2O4S/c1-13-2-5-16(19-8-13)17(21)20-11-18(12-20)15(6-7-25(18,22)23)10-24-9-14-3-4-14/h2,5,8,14-15H,3-4,6-7,9-12H2,1H3. The number of carbonyl (C=O) groups excluding carboxylic acids is 1. The molecular formula is C18H24N2O4S. The molecular weight excluding hydrogens is 340 g/mol. The fraction of sp³-hybridized carbons (Fsp3) is 0.667. The molecule has 0 bridgehead atoms. The smallest absolute Gasteiger partial charge is 0.272 e. The number of aryl methyl sites for hydroxylation is 1. The predicted molar refractivity (Wildman–Crippen MR) is 93.0 cm³/mol. The quantitative estimate of drug-likeness (QED) is 0.790. The highest BCUT2D eigenvalue weighted by molar-refractivity contribution is 7.93. The minimum Gasteiger partial charge on any atom is -0.381 e. The van der Waals surface area contributed by atoms with Gasteiger partial charge in [-0.1, -0.05) is 6.07 Å². The van der Waals surface area contributed by atoms with Gasteiger partial charge in [0.25, 0.3) is 5.91 Å². The third-order valence-corrected chi connectivity index (χ3v) is 8.41. The number of hydrogen-bond donors (Lipinski definition) is 0. The van der Waals surface area contributed by atoms with Gasteiger partial charge in [-0.05, 0) is 43.7 Å². The van der Waals surface area contributed by atoms with E-state index in [1.54, 1.807) is 17.2 Å². The van der Waals surface area contributed by atoms with E-state index in [2.05, 4.69) is 4.98 Å². The summed E-state index contributed by atoms with van der Waals surface area (Å²) in [7, 11) is -3.18. The summed E-state index contributed by atoms with van der Waals surface area (Å²) in [6.45, 7) is 3.67. The molecule has 6 nitrogen and oxygen atoms in total. The van der Waals surface area contributed by atoms with E-state index in [0.717, 1.165) is 12.2 Å². The van der Waals surface area contributed by atoms with E-state index in [-0.39, 0.29) is 30.7 Å². The van der Waals surface area contributed by atoms with Crippen molar-refractivity contribution < 1.29 is 17.9 Å². The Balaban J connectivity index is 1.43. The van der Waals surface area contributed by atoms with Crippen LogP contribution in [0.4, 0.5) is 0 Å². The van der Waals surface area contributed by atoms with Gasteiger partial charge in [0, 0.05) is 31.8 Å². The zero-order chi connectivity index (χ0) is 17.7. The lowest BCUT2D eigenvalue weighted by Crippen LogP contribution is -2.68. The molecule has 1 aromatic heterocycles. The van der Waals surface area contributed by atoms with E-state index in [0.29, 0.717) is 24.6 Å². The molecule has 3 heterocycles. The van der Waals surface area contributed by atoms with Gasteiger partial charge in [0.15, 0.2) is 9.84 Å². The van der Waals surface area contributed by atoms with Crippen molar-refractivity contribution in [1.29, 1.82) is 0 Å². The molecule has 25 heavy (non-hydrogen) atoms. The Bertz CT molecular complexity index is 765. The number of hydrogen-bond acceptors (Lipinski definition) is 5. The molecule has 1 aliphatic carbocycles. The Morgan fingerprint density at radius 1 is 1.28 bits per heavy atom. The fourth-order valence-electron chi connectivity index (χ4n) is 3.87. The highest BCUT2D eigenvalue weighted by atomic mass is 32.2. The van der Waals surface area contributed by atoms with Crippen LogP contribution in [0.25, 0.3) is 0 Å². The van der Waals surface area contributed by atoms with Crippen LogP contribution in [-0.4, -0.2) is 61.0 Å². The molecule has 0 radical (unpaired) electrons. The first-order valence-electron chi connectivity index (χ1n) is 8.93. The molecule has 0 aromatic carbocycles. The second-order valence-corrected chi connectivity index (χ2v) is 10.2. The van der Waals surface area contributed by atoms with Gasteiger partial charge >= 0.3 is 0 Å². The summed E-state index contributed by atoms with van der Waals surface area (Å²) < 4.78 is 30.2. The number of rotatable bonds is 5. The summed E-state index contributed by atoms with van der Waals surface area (Å²) in [6, 6.07) is 3.54. The summed E-state index contributed by atoms with van der Waals surface area (Å²) in [6.07, 6.45) is 4.74. The monoisotopic (exact) mass is 364 g/mol. The van der Waals surface area contributed by atoms with Crippen molar-refractivity contribution in [1.82, 2.24) is 9.88 Å². The third kappa shape index (κ3) is 2.97. The fourth-order valence-corrected chi connectivity index (χ4v) is 6.27. The van der Waals surface area contributed by atoms with Crippen molar-refractivity contribution in [2.24, 2.45) is 11.8 Å². The summed E-state index contributed by atoms with van der Waals surface area (Å²) in [5, 5.41) is 0. The lowest BCUT2D eigenvalue weighted by Gasteiger charge is -2.49. The van der Waals surface area contributed by atoms with Gasteiger partial charge in [-0.3, -0.25) is 9.78 Å². The van der Waals surface area contributed by atoms with E-state index in [1.165, 1.54) is 12.8 Å². The molecule has 3 aliphatic rings. The molecule has 7 heteroatoms. The SMILES string of the molecule is Cc1ccc(C(=O)N2CC3(C2)C(COCC2CC2)CCS3(=O)=O)nc1. The third-order valence-electron chi connectivity index (χ3n) is 5.80. The first kappa shape index (κ1) is 17.0. The van der Waals surface area contributed by atoms with Crippen LogP contribution in [0.15, 0.2) is 18.3 Å². The molecule has 2 aliphatic heterocycles. The Hall–Kier alpha value is -1.47. The highest BCUT2D eigenvalue weighted by Gasteiger charge is 2.62. The average Bonchev–Trinajstić information content (AvgIpc) is 3.31. The van der Waals surface area contributed by atoms with Gasteiger partial charge < -0.3 is 9.64 Å². The second kappa shape index (κ2) is 6.06. The maximum absolute atomic E-state index is 12.6. The summed E-state index contributed by atoms with van der Waals surface area (Å²) in [5.74, 6) is 0.674. The molecule has 4 rings (SSSR count). The first-order valence-corrected chi connectivity index (χ1v) is 10.6. The van der Waals surface area contributed by atoms with E-state index < -0.39 is 14.6 Å². The van der Waals surface area contributed by atoms with Crippen molar-refractivity contribution in [3.05, 3.63) is 29.6 Å². The summed E-state index contributed by atoms with van der Waals surface area (Å²) >= 11 is 0. The molecule has 1 unspecified atom stereocenters. The molecule has 1 saturated carbocycles. The maximum Gasteiger partial charge on any atom is 0.272 e. The maximum atomic E-state index is 12.6. The lowest BCUT2D eigenvalue weighted by molar-refractivity contribution is 0.0225. The zero-order valence-corrected chi connectivity index (χ0v) is 15.3. The van der Waals surface area contributed by atoms with Crippen molar-refractivity contribution in [2.45, 2.75) is 30.9 Å². The van der Waals surface area contributed by atoms with Crippen LogP contribution in [0, 0.1) is 18.8 Å². The second-order valence-electron chi connectivity index (χ2n) is 7.73. The molecule has 2 saturated heterocycles. The van der Waals surface area contributed by atoms with Crippen molar-refractivity contribution in [3.8, 4) is 0 Å². The van der Waals surface area contributed by atoms with Crippen LogP contribution in [0.2, 0.25) is 0 Å². The number of pyridine rings is 1. The zero-order valence-electron chi connectivity index (χ0n) is 14.5. The molecule has 1 amide bonds. The number of carbonyl (C=O) groups is 1. The Labute approximate surface area is 148 Å². The molecule has 1 spiro atoms. The Morgan fingerprint density at radius 2 is 2.04 bits per heavy atom. The van der Waals surface area contributed by atoms with Gasteiger partial charge in [0.2, 0.25) is 0 Å². The van der Waals surface area contributed by atoms with E-state index in [1.807, 2.05) is 13.0 Å². The molecule has 3 fully saturated rings. The van der Waals surface area contributed by atoms with Gasteiger partial charge in [-0.2, -0.15) is 0 Å². The van der Waals surface area contributed by atoms with E-state index in [4.69, 9.17) is 4.74 Å². The van der Waals surface area contributed by atoms with Crippen LogP contribution < -0.4 is 0 Å². The molecule has 1 atom stereocenters. The summed E-state index contributed by atoms with van der Waals surface area (Å²) in [5.41, 5.74) is 1.36. The van der Waals surface area contributed by atoms with Crippen molar-refractivity contribution in [3.63, 3.8) is 0 Å².